The second-order valence-corrected chi connectivity index (χ2v) is 3.38. The Morgan fingerprint density at radius 2 is 2.43 bits per heavy atom. The van der Waals surface area contributed by atoms with Gasteiger partial charge in [-0.3, -0.25) is 0 Å². The number of methoxy groups -OCH3 is 1. The number of aromatic nitrogens is 1. The van der Waals surface area contributed by atoms with Crippen LogP contribution >= 0.6 is 0 Å². The topological polar surface area (TPSA) is 57.4 Å². The SMILES string of the molecule is COc1ccc(C2OCCC2N)cn1. The number of pyridine rings is 1. The van der Waals surface area contributed by atoms with E-state index in [1.54, 1.807) is 13.3 Å². The van der Waals surface area contributed by atoms with Gasteiger partial charge in [-0.1, -0.05) is 0 Å². The third kappa shape index (κ3) is 1.71. The van der Waals surface area contributed by atoms with Crippen molar-refractivity contribution in [3.63, 3.8) is 0 Å². The molecule has 0 spiro atoms. The van der Waals surface area contributed by atoms with Crippen LogP contribution in [0.15, 0.2) is 18.3 Å². The molecule has 1 fully saturated rings. The van der Waals surface area contributed by atoms with E-state index >= 15 is 0 Å². The lowest BCUT2D eigenvalue weighted by atomic mass is 10.1. The maximum Gasteiger partial charge on any atom is 0.212 e. The molecule has 14 heavy (non-hydrogen) atoms. The minimum atomic E-state index is -0.00611. The summed E-state index contributed by atoms with van der Waals surface area (Å²) >= 11 is 0. The minimum absolute atomic E-state index is 0.00611. The normalized spacial score (nSPS) is 26.4. The molecule has 1 aromatic heterocycles. The average Bonchev–Trinajstić information content (AvgIpc) is 2.65. The van der Waals surface area contributed by atoms with Gasteiger partial charge in [-0.05, 0) is 12.5 Å². The summed E-state index contributed by atoms with van der Waals surface area (Å²) in [6, 6.07) is 3.86. The van der Waals surface area contributed by atoms with Crippen molar-refractivity contribution in [2.75, 3.05) is 13.7 Å². The lowest BCUT2D eigenvalue weighted by Gasteiger charge is -2.14. The zero-order chi connectivity index (χ0) is 9.97. The Balaban J connectivity index is 2.16. The van der Waals surface area contributed by atoms with Gasteiger partial charge in [0.05, 0.1) is 13.2 Å². The van der Waals surface area contributed by atoms with E-state index in [0.717, 1.165) is 18.6 Å². The van der Waals surface area contributed by atoms with Gasteiger partial charge in [0, 0.05) is 30.5 Å². The fourth-order valence-corrected chi connectivity index (χ4v) is 1.63. The van der Waals surface area contributed by atoms with E-state index in [4.69, 9.17) is 15.2 Å². The van der Waals surface area contributed by atoms with Crippen LogP contribution in [-0.2, 0) is 4.74 Å². The Morgan fingerprint density at radius 1 is 1.57 bits per heavy atom. The van der Waals surface area contributed by atoms with Crippen molar-refractivity contribution >= 4 is 0 Å². The highest BCUT2D eigenvalue weighted by molar-refractivity contribution is 5.21. The Hall–Kier alpha value is -1.13. The molecular weight excluding hydrogens is 180 g/mol. The Bertz CT molecular complexity index is 299. The molecule has 1 saturated heterocycles. The van der Waals surface area contributed by atoms with Gasteiger partial charge in [0.25, 0.3) is 0 Å². The Morgan fingerprint density at radius 3 is 2.93 bits per heavy atom. The van der Waals surface area contributed by atoms with Crippen LogP contribution in [-0.4, -0.2) is 24.7 Å². The minimum Gasteiger partial charge on any atom is -0.481 e. The molecule has 4 heteroatoms. The number of nitrogens with zero attached hydrogens (tertiary/aromatic N) is 1. The molecule has 0 aliphatic carbocycles. The molecule has 1 aliphatic rings. The summed E-state index contributed by atoms with van der Waals surface area (Å²) in [6.07, 6.45) is 2.67. The van der Waals surface area contributed by atoms with Crippen molar-refractivity contribution in [3.05, 3.63) is 23.9 Å². The summed E-state index contributed by atoms with van der Waals surface area (Å²) in [5.74, 6) is 0.611. The van der Waals surface area contributed by atoms with Crippen LogP contribution in [0, 0.1) is 0 Å². The summed E-state index contributed by atoms with van der Waals surface area (Å²) in [5.41, 5.74) is 6.92. The molecule has 2 atom stereocenters. The summed E-state index contributed by atoms with van der Waals surface area (Å²) < 4.78 is 10.5. The van der Waals surface area contributed by atoms with Crippen molar-refractivity contribution in [1.29, 1.82) is 0 Å². The number of hydrogen-bond acceptors (Lipinski definition) is 4. The first-order valence-corrected chi connectivity index (χ1v) is 4.68. The van der Waals surface area contributed by atoms with E-state index in [0.29, 0.717) is 5.88 Å². The van der Waals surface area contributed by atoms with Gasteiger partial charge in [0.15, 0.2) is 0 Å². The zero-order valence-electron chi connectivity index (χ0n) is 8.14. The largest absolute Gasteiger partial charge is 0.481 e. The van der Waals surface area contributed by atoms with Crippen molar-refractivity contribution in [2.45, 2.75) is 18.6 Å². The third-order valence-corrected chi connectivity index (χ3v) is 2.43. The molecule has 1 aromatic rings. The molecule has 2 heterocycles. The second-order valence-electron chi connectivity index (χ2n) is 3.38. The molecule has 0 saturated carbocycles. The molecule has 2 N–H and O–H groups in total. The lowest BCUT2D eigenvalue weighted by Crippen LogP contribution is -2.23. The van der Waals surface area contributed by atoms with Crippen LogP contribution in [0.5, 0.6) is 5.88 Å². The molecule has 4 nitrogen and oxygen atoms in total. The summed E-state index contributed by atoms with van der Waals surface area (Å²) in [7, 11) is 1.60. The number of ether oxygens (including phenoxy) is 2. The van der Waals surface area contributed by atoms with Crippen LogP contribution in [0.3, 0.4) is 0 Å². The molecular formula is C10H14N2O2. The molecule has 0 bridgehead atoms. The standard InChI is InChI=1S/C10H14N2O2/c1-13-9-3-2-7(6-12-9)10-8(11)4-5-14-10/h2-3,6,8,10H,4-5,11H2,1H3. The average molecular weight is 194 g/mol. The fraction of sp³-hybridized carbons (Fsp3) is 0.500. The van der Waals surface area contributed by atoms with Gasteiger partial charge >= 0.3 is 0 Å². The van der Waals surface area contributed by atoms with Crippen molar-refractivity contribution in [1.82, 2.24) is 4.98 Å². The fourth-order valence-electron chi connectivity index (χ4n) is 1.63. The molecule has 2 unspecified atom stereocenters. The van der Waals surface area contributed by atoms with Crippen molar-refractivity contribution in [3.8, 4) is 5.88 Å². The number of rotatable bonds is 2. The van der Waals surface area contributed by atoms with Crippen LogP contribution in [0.2, 0.25) is 0 Å². The van der Waals surface area contributed by atoms with Gasteiger partial charge in [-0.2, -0.15) is 0 Å². The summed E-state index contributed by atoms with van der Waals surface area (Å²) in [6.45, 7) is 0.734. The highest BCUT2D eigenvalue weighted by Crippen LogP contribution is 2.27. The van der Waals surface area contributed by atoms with Crippen LogP contribution in [0.25, 0.3) is 0 Å². The molecule has 2 rings (SSSR count). The quantitative estimate of drug-likeness (QED) is 0.759. The first-order valence-electron chi connectivity index (χ1n) is 4.68. The van der Waals surface area contributed by atoms with Gasteiger partial charge in [-0.15, -0.1) is 0 Å². The van der Waals surface area contributed by atoms with E-state index in [2.05, 4.69) is 4.98 Å². The van der Waals surface area contributed by atoms with Gasteiger partial charge in [0.2, 0.25) is 5.88 Å². The van der Waals surface area contributed by atoms with E-state index in [-0.39, 0.29) is 12.1 Å². The van der Waals surface area contributed by atoms with E-state index in [1.165, 1.54) is 0 Å². The number of nitrogens with two attached hydrogens (primary N) is 1. The predicted octanol–water partition coefficient (Wildman–Crippen LogP) is 0.879. The van der Waals surface area contributed by atoms with Gasteiger partial charge in [0.1, 0.15) is 0 Å². The molecule has 0 aromatic carbocycles. The van der Waals surface area contributed by atoms with Gasteiger partial charge in [-0.25, -0.2) is 4.98 Å². The summed E-state index contributed by atoms with van der Waals surface area (Å²) in [5, 5.41) is 0. The zero-order valence-corrected chi connectivity index (χ0v) is 8.14. The maximum absolute atomic E-state index is 5.90. The molecule has 0 amide bonds. The molecule has 76 valence electrons. The van der Waals surface area contributed by atoms with Crippen LogP contribution in [0.4, 0.5) is 0 Å². The summed E-state index contributed by atoms with van der Waals surface area (Å²) in [4.78, 5) is 4.12. The highest BCUT2D eigenvalue weighted by Gasteiger charge is 2.26. The van der Waals surface area contributed by atoms with Crippen LogP contribution in [0.1, 0.15) is 18.1 Å². The van der Waals surface area contributed by atoms with Gasteiger partial charge < -0.3 is 15.2 Å². The highest BCUT2D eigenvalue weighted by atomic mass is 16.5. The molecule has 0 radical (unpaired) electrons. The Labute approximate surface area is 83.0 Å². The van der Waals surface area contributed by atoms with Crippen LogP contribution < -0.4 is 10.5 Å². The van der Waals surface area contributed by atoms with E-state index in [9.17, 15) is 0 Å². The van der Waals surface area contributed by atoms with E-state index < -0.39 is 0 Å². The third-order valence-electron chi connectivity index (χ3n) is 2.43. The first kappa shape index (κ1) is 9.43. The van der Waals surface area contributed by atoms with Crippen molar-refractivity contribution < 1.29 is 9.47 Å². The Kier molecular flexibility index (Phi) is 2.65. The first-order chi connectivity index (χ1) is 6.81. The van der Waals surface area contributed by atoms with Crippen molar-refractivity contribution in [2.24, 2.45) is 5.73 Å². The molecule has 1 aliphatic heterocycles. The lowest BCUT2D eigenvalue weighted by molar-refractivity contribution is 0.105. The maximum atomic E-state index is 5.90. The monoisotopic (exact) mass is 194 g/mol. The van der Waals surface area contributed by atoms with E-state index in [1.807, 2.05) is 12.1 Å². The predicted molar refractivity (Wildman–Crippen MR) is 52.1 cm³/mol. The second kappa shape index (κ2) is 3.94. The number of hydrogen-bond donors (Lipinski definition) is 1. The smallest absolute Gasteiger partial charge is 0.212 e.